The number of carbonyl (C=O) groups is 1. The average molecular weight is 344 g/mol. The molecular formula is C20H24O5. The maximum absolute atomic E-state index is 11.9. The second kappa shape index (κ2) is 8.42. The van der Waals surface area contributed by atoms with Crippen molar-refractivity contribution in [3.05, 3.63) is 53.1 Å². The van der Waals surface area contributed by atoms with Gasteiger partial charge in [-0.15, -0.1) is 0 Å². The first-order valence-electron chi connectivity index (χ1n) is 8.17. The lowest BCUT2D eigenvalue weighted by Crippen LogP contribution is -2.16. The van der Waals surface area contributed by atoms with Crippen LogP contribution in [0.5, 0.6) is 17.2 Å². The molecule has 5 heteroatoms. The van der Waals surface area contributed by atoms with Crippen LogP contribution in [0, 0.1) is 6.92 Å². The zero-order valence-electron chi connectivity index (χ0n) is 15.0. The highest BCUT2D eigenvalue weighted by Gasteiger charge is 2.23. The van der Waals surface area contributed by atoms with Gasteiger partial charge in [-0.05, 0) is 61.2 Å². The normalized spacial score (nSPS) is 11.7. The first-order valence-corrected chi connectivity index (χ1v) is 8.17. The minimum Gasteiger partial charge on any atom is -0.497 e. The minimum absolute atomic E-state index is 0.368. The molecule has 0 aliphatic heterocycles. The molecule has 25 heavy (non-hydrogen) atoms. The highest BCUT2D eigenvalue weighted by molar-refractivity contribution is 5.77. The van der Waals surface area contributed by atoms with Gasteiger partial charge < -0.3 is 19.3 Å². The Bertz CT molecular complexity index is 739. The molecular weight excluding hydrogens is 320 g/mol. The largest absolute Gasteiger partial charge is 0.497 e. The van der Waals surface area contributed by atoms with Gasteiger partial charge in [-0.2, -0.15) is 0 Å². The molecule has 0 saturated carbocycles. The summed E-state index contributed by atoms with van der Waals surface area (Å²) in [7, 11) is 3.17. The second-order valence-electron chi connectivity index (χ2n) is 5.74. The van der Waals surface area contributed by atoms with E-state index in [1.807, 2.05) is 38.1 Å². The quantitative estimate of drug-likeness (QED) is 0.788. The topological polar surface area (TPSA) is 65.0 Å². The van der Waals surface area contributed by atoms with Crippen LogP contribution < -0.4 is 14.2 Å². The number of methoxy groups -OCH3 is 2. The van der Waals surface area contributed by atoms with Gasteiger partial charge in [0.25, 0.3) is 0 Å². The molecule has 0 aliphatic carbocycles. The Hall–Kier alpha value is -2.69. The molecule has 0 spiro atoms. The fourth-order valence-electron chi connectivity index (χ4n) is 2.85. The van der Waals surface area contributed by atoms with Gasteiger partial charge in [0.1, 0.15) is 5.75 Å². The van der Waals surface area contributed by atoms with Crippen LogP contribution in [0.2, 0.25) is 0 Å². The van der Waals surface area contributed by atoms with Crippen molar-refractivity contribution in [2.24, 2.45) is 0 Å². The van der Waals surface area contributed by atoms with Crippen molar-refractivity contribution in [2.45, 2.75) is 26.2 Å². The van der Waals surface area contributed by atoms with E-state index >= 15 is 0 Å². The zero-order valence-corrected chi connectivity index (χ0v) is 15.0. The Morgan fingerprint density at radius 3 is 2.40 bits per heavy atom. The summed E-state index contributed by atoms with van der Waals surface area (Å²) in [5, 5.41) is 9.73. The van der Waals surface area contributed by atoms with E-state index in [2.05, 4.69) is 0 Å². The zero-order chi connectivity index (χ0) is 18.4. The van der Waals surface area contributed by atoms with Crippen molar-refractivity contribution in [1.29, 1.82) is 0 Å². The number of aryl methyl sites for hydroxylation is 1. The van der Waals surface area contributed by atoms with Gasteiger partial charge in [0, 0.05) is 0 Å². The molecule has 0 aromatic heterocycles. The summed E-state index contributed by atoms with van der Waals surface area (Å²) in [6.45, 7) is 4.31. The van der Waals surface area contributed by atoms with Crippen molar-refractivity contribution in [3.8, 4) is 17.2 Å². The molecule has 1 N–H and O–H groups in total. The van der Waals surface area contributed by atoms with Crippen molar-refractivity contribution in [2.75, 3.05) is 20.8 Å². The maximum atomic E-state index is 11.9. The first-order chi connectivity index (χ1) is 12.0. The van der Waals surface area contributed by atoms with E-state index in [1.165, 1.54) is 0 Å². The van der Waals surface area contributed by atoms with E-state index in [1.54, 1.807) is 26.4 Å². The van der Waals surface area contributed by atoms with Crippen LogP contribution in [-0.4, -0.2) is 31.9 Å². The Labute approximate surface area is 148 Å². The van der Waals surface area contributed by atoms with E-state index in [-0.39, 0.29) is 0 Å². The average Bonchev–Trinajstić information content (AvgIpc) is 2.60. The molecule has 134 valence electrons. The fraction of sp³-hybridized carbons (Fsp3) is 0.350. The monoisotopic (exact) mass is 344 g/mol. The SMILES string of the molecule is CCOc1cc(CC(C(=O)O)c2ccc(OC)cc2C)ccc1OC. The number of hydrogen-bond donors (Lipinski definition) is 1. The predicted molar refractivity (Wildman–Crippen MR) is 96.0 cm³/mol. The third kappa shape index (κ3) is 4.44. The molecule has 0 bridgehead atoms. The van der Waals surface area contributed by atoms with E-state index in [4.69, 9.17) is 14.2 Å². The smallest absolute Gasteiger partial charge is 0.311 e. The number of aliphatic carboxylic acids is 1. The van der Waals surface area contributed by atoms with Gasteiger partial charge in [0.2, 0.25) is 0 Å². The van der Waals surface area contributed by atoms with E-state index in [9.17, 15) is 9.90 Å². The molecule has 1 atom stereocenters. The minimum atomic E-state index is -0.859. The molecule has 0 radical (unpaired) electrons. The summed E-state index contributed by atoms with van der Waals surface area (Å²) in [6.07, 6.45) is 0.368. The van der Waals surface area contributed by atoms with E-state index < -0.39 is 11.9 Å². The molecule has 2 aromatic carbocycles. The Morgan fingerprint density at radius 1 is 1.08 bits per heavy atom. The lowest BCUT2D eigenvalue weighted by Gasteiger charge is -2.17. The molecule has 0 saturated heterocycles. The van der Waals surface area contributed by atoms with Crippen LogP contribution >= 0.6 is 0 Å². The van der Waals surface area contributed by atoms with Crippen LogP contribution in [0.15, 0.2) is 36.4 Å². The number of benzene rings is 2. The number of carboxylic acid groups (broad SMARTS) is 1. The summed E-state index contributed by atoms with van der Waals surface area (Å²) < 4.78 is 16.1. The van der Waals surface area contributed by atoms with Gasteiger partial charge in [-0.3, -0.25) is 4.79 Å². The molecule has 2 rings (SSSR count). The molecule has 0 fully saturated rings. The number of hydrogen-bond acceptors (Lipinski definition) is 4. The number of rotatable bonds is 8. The summed E-state index contributed by atoms with van der Waals surface area (Å²) in [5.41, 5.74) is 2.55. The van der Waals surface area contributed by atoms with Crippen LogP contribution in [-0.2, 0) is 11.2 Å². The lowest BCUT2D eigenvalue weighted by atomic mass is 9.89. The third-order valence-electron chi connectivity index (χ3n) is 4.12. The maximum Gasteiger partial charge on any atom is 0.311 e. The summed E-state index contributed by atoms with van der Waals surface area (Å²) in [4.78, 5) is 11.9. The fourth-order valence-corrected chi connectivity index (χ4v) is 2.85. The standard InChI is InChI=1S/C20H24O5/c1-5-25-19-12-14(6-9-18(19)24-4)11-17(20(21)22)16-8-7-15(23-3)10-13(16)2/h6-10,12,17H,5,11H2,1-4H3,(H,21,22). The Kier molecular flexibility index (Phi) is 6.28. The van der Waals surface area contributed by atoms with Crippen molar-refractivity contribution >= 4 is 5.97 Å². The van der Waals surface area contributed by atoms with Crippen LogP contribution in [0.25, 0.3) is 0 Å². The van der Waals surface area contributed by atoms with Crippen molar-refractivity contribution < 1.29 is 24.1 Å². The van der Waals surface area contributed by atoms with E-state index in [0.717, 1.165) is 16.7 Å². The second-order valence-corrected chi connectivity index (χ2v) is 5.74. The van der Waals surface area contributed by atoms with E-state index in [0.29, 0.717) is 30.3 Å². The Morgan fingerprint density at radius 2 is 1.84 bits per heavy atom. The first kappa shape index (κ1) is 18.6. The number of carboxylic acids is 1. The molecule has 5 nitrogen and oxygen atoms in total. The highest BCUT2D eigenvalue weighted by atomic mass is 16.5. The molecule has 2 aromatic rings. The predicted octanol–water partition coefficient (Wildman–Crippen LogP) is 3.82. The van der Waals surface area contributed by atoms with Crippen LogP contribution in [0.4, 0.5) is 0 Å². The van der Waals surface area contributed by atoms with Gasteiger partial charge in [-0.25, -0.2) is 0 Å². The lowest BCUT2D eigenvalue weighted by molar-refractivity contribution is -0.138. The van der Waals surface area contributed by atoms with Crippen molar-refractivity contribution in [1.82, 2.24) is 0 Å². The summed E-state index contributed by atoms with van der Waals surface area (Å²) >= 11 is 0. The molecule has 0 amide bonds. The molecule has 0 heterocycles. The Balaban J connectivity index is 2.34. The van der Waals surface area contributed by atoms with Crippen LogP contribution in [0.1, 0.15) is 29.5 Å². The van der Waals surface area contributed by atoms with Crippen molar-refractivity contribution in [3.63, 3.8) is 0 Å². The highest BCUT2D eigenvalue weighted by Crippen LogP contribution is 2.32. The van der Waals surface area contributed by atoms with Gasteiger partial charge in [0.15, 0.2) is 11.5 Å². The van der Waals surface area contributed by atoms with Gasteiger partial charge in [0.05, 0.1) is 26.7 Å². The number of ether oxygens (including phenoxy) is 3. The van der Waals surface area contributed by atoms with Crippen LogP contribution in [0.3, 0.4) is 0 Å². The van der Waals surface area contributed by atoms with Gasteiger partial charge in [-0.1, -0.05) is 12.1 Å². The summed E-state index contributed by atoms with van der Waals surface area (Å²) in [6, 6.07) is 11.0. The molecule has 1 unspecified atom stereocenters. The van der Waals surface area contributed by atoms with Gasteiger partial charge >= 0.3 is 5.97 Å². The third-order valence-corrected chi connectivity index (χ3v) is 4.12. The summed E-state index contributed by atoms with van der Waals surface area (Å²) in [5.74, 6) is 0.473. The molecule has 0 aliphatic rings.